The highest BCUT2D eigenvalue weighted by Gasteiger charge is 2.29. The number of fused-ring (bicyclic) bond motifs is 1. The van der Waals surface area contributed by atoms with Gasteiger partial charge in [0, 0.05) is 6.54 Å². The zero-order chi connectivity index (χ0) is 15.9. The standard InChI is InChI=1S/C16H21NO5/c1-11(2)7-8-17-15(18)10-21-16(19)14-9-20-12-5-3-4-6-13(12)22-14/h3-6,11,14H,7-10H2,1-2H3,(H,17,18)/t14-/m1/s1. The summed E-state index contributed by atoms with van der Waals surface area (Å²) in [7, 11) is 0. The van der Waals surface area contributed by atoms with Crippen molar-refractivity contribution in [1.29, 1.82) is 0 Å². The van der Waals surface area contributed by atoms with Gasteiger partial charge < -0.3 is 19.5 Å². The number of esters is 1. The number of hydrogen-bond donors (Lipinski definition) is 1. The zero-order valence-corrected chi connectivity index (χ0v) is 12.8. The third-order valence-corrected chi connectivity index (χ3v) is 3.16. The van der Waals surface area contributed by atoms with Gasteiger partial charge in [-0.2, -0.15) is 0 Å². The zero-order valence-electron chi connectivity index (χ0n) is 12.8. The van der Waals surface area contributed by atoms with E-state index in [0.29, 0.717) is 24.0 Å². The topological polar surface area (TPSA) is 73.9 Å². The predicted molar refractivity (Wildman–Crippen MR) is 79.8 cm³/mol. The number of benzene rings is 1. The van der Waals surface area contributed by atoms with Crippen LogP contribution in [0.25, 0.3) is 0 Å². The fourth-order valence-corrected chi connectivity index (χ4v) is 1.92. The molecule has 1 amide bonds. The van der Waals surface area contributed by atoms with Gasteiger partial charge in [0.25, 0.3) is 5.91 Å². The van der Waals surface area contributed by atoms with E-state index >= 15 is 0 Å². The molecule has 1 heterocycles. The number of nitrogens with one attached hydrogen (secondary N) is 1. The fraction of sp³-hybridized carbons (Fsp3) is 0.500. The van der Waals surface area contributed by atoms with E-state index in [2.05, 4.69) is 19.2 Å². The molecule has 1 aromatic carbocycles. The molecule has 120 valence electrons. The summed E-state index contributed by atoms with van der Waals surface area (Å²) in [4.78, 5) is 23.4. The number of amides is 1. The lowest BCUT2D eigenvalue weighted by molar-refractivity contribution is -0.157. The van der Waals surface area contributed by atoms with Gasteiger partial charge in [-0.25, -0.2) is 4.79 Å². The first kappa shape index (κ1) is 16.1. The van der Waals surface area contributed by atoms with Crippen LogP contribution in [0, 0.1) is 5.92 Å². The number of hydrogen-bond acceptors (Lipinski definition) is 5. The normalized spacial score (nSPS) is 16.2. The van der Waals surface area contributed by atoms with Crippen LogP contribution in [0.2, 0.25) is 0 Å². The highest BCUT2D eigenvalue weighted by atomic mass is 16.6. The Morgan fingerprint density at radius 2 is 2.05 bits per heavy atom. The van der Waals surface area contributed by atoms with E-state index in [4.69, 9.17) is 14.2 Å². The van der Waals surface area contributed by atoms with Crippen molar-refractivity contribution >= 4 is 11.9 Å². The Kier molecular flexibility index (Phi) is 5.63. The Labute approximate surface area is 129 Å². The van der Waals surface area contributed by atoms with Gasteiger partial charge in [-0.15, -0.1) is 0 Å². The van der Waals surface area contributed by atoms with Crippen LogP contribution in [-0.4, -0.2) is 37.7 Å². The number of carbonyl (C=O) groups excluding carboxylic acids is 2. The van der Waals surface area contributed by atoms with Gasteiger partial charge in [0.1, 0.15) is 6.61 Å². The van der Waals surface area contributed by atoms with E-state index in [1.54, 1.807) is 18.2 Å². The lowest BCUT2D eigenvalue weighted by Crippen LogP contribution is -2.39. The first-order valence-corrected chi connectivity index (χ1v) is 7.38. The lowest BCUT2D eigenvalue weighted by atomic mass is 10.1. The molecule has 6 heteroatoms. The van der Waals surface area contributed by atoms with Crippen LogP contribution in [0.1, 0.15) is 20.3 Å². The van der Waals surface area contributed by atoms with Crippen molar-refractivity contribution in [3.05, 3.63) is 24.3 Å². The molecular weight excluding hydrogens is 286 g/mol. The molecule has 0 unspecified atom stereocenters. The SMILES string of the molecule is CC(C)CCNC(=O)COC(=O)[C@H]1COc2ccccc2O1. The van der Waals surface area contributed by atoms with E-state index in [1.807, 2.05) is 6.07 Å². The number of para-hydroxylation sites is 2. The molecule has 22 heavy (non-hydrogen) atoms. The Morgan fingerprint density at radius 1 is 1.32 bits per heavy atom. The summed E-state index contributed by atoms with van der Waals surface area (Å²) >= 11 is 0. The summed E-state index contributed by atoms with van der Waals surface area (Å²) < 4.78 is 15.9. The number of carbonyl (C=O) groups is 2. The van der Waals surface area contributed by atoms with Crippen LogP contribution in [-0.2, 0) is 14.3 Å². The minimum atomic E-state index is -0.849. The maximum Gasteiger partial charge on any atom is 0.351 e. The molecule has 0 saturated carbocycles. The van der Waals surface area contributed by atoms with Crippen molar-refractivity contribution in [2.75, 3.05) is 19.8 Å². The van der Waals surface area contributed by atoms with Gasteiger partial charge in [-0.3, -0.25) is 4.79 Å². The first-order valence-electron chi connectivity index (χ1n) is 7.38. The Balaban J connectivity index is 1.73. The fourth-order valence-electron chi connectivity index (χ4n) is 1.92. The summed E-state index contributed by atoms with van der Waals surface area (Å²) in [5, 5.41) is 2.70. The van der Waals surface area contributed by atoms with E-state index in [9.17, 15) is 9.59 Å². The molecule has 6 nitrogen and oxygen atoms in total. The van der Waals surface area contributed by atoms with Crippen LogP contribution >= 0.6 is 0 Å². The quantitative estimate of drug-likeness (QED) is 0.807. The van der Waals surface area contributed by atoms with Crippen molar-refractivity contribution in [1.82, 2.24) is 5.32 Å². The molecule has 0 aromatic heterocycles. The van der Waals surface area contributed by atoms with E-state index in [-0.39, 0.29) is 19.1 Å². The van der Waals surface area contributed by atoms with Crippen molar-refractivity contribution in [3.8, 4) is 11.5 Å². The van der Waals surface area contributed by atoms with Crippen molar-refractivity contribution in [3.63, 3.8) is 0 Å². The minimum absolute atomic E-state index is 0.0742. The molecule has 1 atom stereocenters. The van der Waals surface area contributed by atoms with E-state index in [1.165, 1.54) is 0 Å². The molecule has 0 saturated heterocycles. The molecule has 2 rings (SSSR count). The third kappa shape index (κ3) is 4.65. The molecular formula is C16H21NO5. The van der Waals surface area contributed by atoms with Gasteiger partial charge >= 0.3 is 5.97 Å². The van der Waals surface area contributed by atoms with Crippen LogP contribution in [0.5, 0.6) is 11.5 Å². The van der Waals surface area contributed by atoms with E-state index < -0.39 is 12.1 Å². The Hall–Kier alpha value is -2.24. The molecule has 0 fully saturated rings. The Bertz CT molecular complexity index is 529. The lowest BCUT2D eigenvalue weighted by Gasteiger charge is -2.24. The van der Waals surface area contributed by atoms with Crippen molar-refractivity contribution in [2.45, 2.75) is 26.4 Å². The van der Waals surface area contributed by atoms with Crippen LogP contribution in [0.4, 0.5) is 0 Å². The summed E-state index contributed by atoms with van der Waals surface area (Å²) in [6.45, 7) is 4.49. The summed E-state index contributed by atoms with van der Waals surface area (Å²) in [6.07, 6.45) is 0.0362. The van der Waals surface area contributed by atoms with E-state index in [0.717, 1.165) is 6.42 Å². The average Bonchev–Trinajstić information content (AvgIpc) is 2.51. The molecule has 0 bridgehead atoms. The molecule has 1 aliphatic heterocycles. The van der Waals surface area contributed by atoms with Gasteiger partial charge in [0.2, 0.25) is 6.10 Å². The number of rotatable bonds is 6. The molecule has 0 aliphatic carbocycles. The third-order valence-electron chi connectivity index (χ3n) is 3.16. The van der Waals surface area contributed by atoms with Crippen LogP contribution in [0.15, 0.2) is 24.3 Å². The van der Waals surface area contributed by atoms with Gasteiger partial charge in [0.15, 0.2) is 18.1 Å². The number of ether oxygens (including phenoxy) is 3. The van der Waals surface area contributed by atoms with Gasteiger partial charge in [-0.05, 0) is 24.5 Å². The minimum Gasteiger partial charge on any atom is -0.485 e. The average molecular weight is 307 g/mol. The second-order valence-electron chi connectivity index (χ2n) is 5.50. The van der Waals surface area contributed by atoms with Crippen LogP contribution < -0.4 is 14.8 Å². The highest BCUT2D eigenvalue weighted by molar-refractivity contribution is 5.82. The highest BCUT2D eigenvalue weighted by Crippen LogP contribution is 2.31. The van der Waals surface area contributed by atoms with Crippen molar-refractivity contribution in [2.24, 2.45) is 5.92 Å². The van der Waals surface area contributed by atoms with Gasteiger partial charge in [-0.1, -0.05) is 26.0 Å². The Morgan fingerprint density at radius 3 is 2.77 bits per heavy atom. The molecule has 0 spiro atoms. The maximum atomic E-state index is 11.9. The predicted octanol–water partition coefficient (Wildman–Crippen LogP) is 1.53. The van der Waals surface area contributed by atoms with Crippen LogP contribution in [0.3, 0.4) is 0 Å². The monoisotopic (exact) mass is 307 g/mol. The molecule has 1 aliphatic rings. The molecule has 0 radical (unpaired) electrons. The first-order chi connectivity index (χ1) is 10.6. The summed E-state index contributed by atoms with van der Waals surface area (Å²) in [5.41, 5.74) is 0. The maximum absolute atomic E-state index is 11.9. The largest absolute Gasteiger partial charge is 0.485 e. The summed E-state index contributed by atoms with van der Waals surface area (Å²) in [6, 6.07) is 7.09. The molecule has 1 aromatic rings. The second kappa shape index (κ2) is 7.68. The van der Waals surface area contributed by atoms with Gasteiger partial charge in [0.05, 0.1) is 0 Å². The van der Waals surface area contributed by atoms with Crippen molar-refractivity contribution < 1.29 is 23.8 Å². The summed E-state index contributed by atoms with van der Waals surface area (Å²) in [5.74, 6) is 0.686. The smallest absolute Gasteiger partial charge is 0.351 e. The molecule has 1 N–H and O–H groups in total. The second-order valence-corrected chi connectivity index (χ2v) is 5.50.